The third-order valence-electron chi connectivity index (χ3n) is 1.63. The van der Waals surface area contributed by atoms with Gasteiger partial charge in [0.1, 0.15) is 0 Å². The minimum Gasteiger partial charge on any atom is -0.0623 e. The zero-order valence-electron chi connectivity index (χ0n) is 8.71. The van der Waals surface area contributed by atoms with Crippen molar-refractivity contribution in [2.45, 2.75) is 0 Å². The quantitative estimate of drug-likeness (QED) is 0.733. The molecule has 1 N–H and O–H groups in total. The van der Waals surface area contributed by atoms with E-state index < -0.39 is 5.97 Å². The summed E-state index contributed by atoms with van der Waals surface area (Å²) in [7, 11) is 0. The van der Waals surface area contributed by atoms with Crippen LogP contribution in [0.2, 0.25) is 0 Å². The molecule has 0 aliphatic rings. The van der Waals surface area contributed by atoms with Gasteiger partial charge in [0.25, 0.3) is 0 Å². The van der Waals surface area contributed by atoms with Crippen molar-refractivity contribution in [1.82, 2.24) is 0 Å². The predicted molar refractivity (Wildman–Crippen MR) is 68.6 cm³/mol. The Bertz CT molecular complexity index is 366. The normalized spacial score (nSPS) is 7.53. The van der Waals surface area contributed by atoms with Crippen LogP contribution in [-0.4, -0.2) is 36.9 Å². The van der Waals surface area contributed by atoms with E-state index in [1.165, 1.54) is 12.1 Å². The van der Waals surface area contributed by atoms with Crippen LogP contribution in [0.4, 0.5) is 0 Å². The van der Waals surface area contributed by atoms with E-state index in [1.54, 1.807) is 12.1 Å². The molecule has 0 fully saturated rings. The van der Waals surface area contributed by atoms with Gasteiger partial charge in [-0.15, -0.1) is 0 Å². The number of benzene rings is 2. The molecular formula is C13H14InO2Y-. The summed E-state index contributed by atoms with van der Waals surface area (Å²) < 4.78 is 0. The minimum absolute atomic E-state index is 0. The number of rotatable bonds is 1. The van der Waals surface area contributed by atoms with Crippen molar-refractivity contribution in [2.24, 2.45) is 0 Å². The summed E-state index contributed by atoms with van der Waals surface area (Å²) in [5.74, 6) is -0.899. The Kier molecular flexibility index (Phi) is 14.0. The fourth-order valence-electron chi connectivity index (χ4n) is 0.914. The average molecular weight is 406 g/mol. The van der Waals surface area contributed by atoms with Crippen molar-refractivity contribution in [3.05, 3.63) is 72.3 Å². The zero-order chi connectivity index (χ0) is 10.9. The first-order valence-corrected chi connectivity index (χ1v) is 4.50. The van der Waals surface area contributed by atoms with Gasteiger partial charge in [-0.1, -0.05) is 36.4 Å². The number of aromatic carboxylic acids is 1. The molecule has 0 aromatic heterocycles. The average Bonchev–Trinajstić information content (AvgIpc) is 2.33. The third-order valence-corrected chi connectivity index (χ3v) is 1.63. The first kappa shape index (κ1) is 19.2. The number of hydrogen-bond donors (Lipinski definition) is 1. The molecule has 2 nitrogen and oxygen atoms in total. The van der Waals surface area contributed by atoms with Crippen molar-refractivity contribution in [2.75, 3.05) is 0 Å². The molecule has 0 heterocycles. The summed E-state index contributed by atoms with van der Waals surface area (Å²) in [5.41, 5.74) is 0.300. The van der Waals surface area contributed by atoms with Crippen LogP contribution in [0, 0.1) is 6.07 Å². The Balaban J connectivity index is 0. The molecule has 0 saturated heterocycles. The molecule has 0 aliphatic carbocycles. The molecule has 0 spiro atoms. The van der Waals surface area contributed by atoms with Crippen LogP contribution in [0.3, 0.4) is 0 Å². The maximum absolute atomic E-state index is 10.2. The molecule has 0 atom stereocenters. The van der Waals surface area contributed by atoms with E-state index in [1.807, 2.05) is 36.4 Å². The number of carboxylic acids is 1. The Morgan fingerprint density at radius 3 is 1.53 bits per heavy atom. The summed E-state index contributed by atoms with van der Waals surface area (Å²) >= 11 is 0. The molecule has 2 aromatic rings. The van der Waals surface area contributed by atoms with Crippen LogP contribution in [-0.2, 0) is 32.7 Å². The van der Waals surface area contributed by atoms with Gasteiger partial charge in [-0.05, 0) is 5.56 Å². The molecule has 2 aromatic carbocycles. The van der Waals surface area contributed by atoms with Gasteiger partial charge in [0.15, 0.2) is 0 Å². The standard InChI is InChI=1S/C7H5O2.C6H6.In.Y.3H/c8-7(9)6-4-2-1-3-5-6;1-2-4-6-5-3-1;;;;;/h2-5H,(H,8,9);1-6H;;;;;/q-1;;;;;;. The summed E-state index contributed by atoms with van der Waals surface area (Å²) in [5, 5.41) is 8.37. The molecule has 4 heteroatoms. The van der Waals surface area contributed by atoms with Crippen molar-refractivity contribution < 1.29 is 42.6 Å². The Hall–Kier alpha value is -0.116. The van der Waals surface area contributed by atoms with Crippen LogP contribution in [0.25, 0.3) is 0 Å². The van der Waals surface area contributed by atoms with Crippen LogP contribution in [0.15, 0.2) is 60.7 Å². The molecule has 0 unspecified atom stereocenters. The van der Waals surface area contributed by atoms with Gasteiger partial charge in [-0.2, -0.15) is 30.3 Å². The van der Waals surface area contributed by atoms with Gasteiger partial charge in [-0.3, -0.25) is 0 Å². The number of hydrogen-bond acceptors (Lipinski definition) is 1. The monoisotopic (exact) mass is 406 g/mol. The summed E-state index contributed by atoms with van der Waals surface area (Å²) in [6, 6.07) is 20.9. The summed E-state index contributed by atoms with van der Waals surface area (Å²) in [6.07, 6.45) is 0. The Morgan fingerprint density at radius 2 is 1.29 bits per heavy atom. The van der Waals surface area contributed by atoms with E-state index >= 15 is 0 Å². The van der Waals surface area contributed by atoms with E-state index in [2.05, 4.69) is 6.07 Å². The molecule has 1 radical (unpaired) electrons. The third kappa shape index (κ3) is 9.57. The van der Waals surface area contributed by atoms with E-state index in [9.17, 15) is 4.79 Å². The van der Waals surface area contributed by atoms with Crippen molar-refractivity contribution in [1.29, 1.82) is 0 Å². The molecule has 0 saturated carbocycles. The van der Waals surface area contributed by atoms with Gasteiger partial charge in [0.05, 0.1) is 0 Å². The first-order valence-electron chi connectivity index (χ1n) is 4.50. The van der Waals surface area contributed by atoms with E-state index in [4.69, 9.17) is 5.11 Å². The van der Waals surface area contributed by atoms with Crippen LogP contribution in [0.5, 0.6) is 0 Å². The Labute approximate surface area is 145 Å². The van der Waals surface area contributed by atoms with Crippen LogP contribution < -0.4 is 0 Å². The van der Waals surface area contributed by atoms with Gasteiger partial charge in [-0.25, -0.2) is 4.79 Å². The van der Waals surface area contributed by atoms with E-state index in [-0.39, 0.29) is 58.6 Å². The topological polar surface area (TPSA) is 37.3 Å². The van der Waals surface area contributed by atoms with Gasteiger partial charge >= 0.3 is 31.8 Å². The molecular weight excluding hydrogens is 392 g/mol. The largest absolute Gasteiger partial charge is 0.0623 e. The van der Waals surface area contributed by atoms with Crippen LogP contribution >= 0.6 is 0 Å². The maximum atomic E-state index is 10.2. The van der Waals surface area contributed by atoms with Crippen molar-refractivity contribution >= 4 is 31.8 Å². The van der Waals surface area contributed by atoms with Gasteiger partial charge in [0, 0.05) is 32.7 Å². The van der Waals surface area contributed by atoms with E-state index in [0.717, 1.165) is 0 Å². The second-order valence-corrected chi connectivity index (χ2v) is 2.75. The SMILES string of the molecule is O=C(O)c1cc[c-]cc1.[InH3].[Y].c1ccccc1. The molecule has 0 bridgehead atoms. The molecule has 85 valence electrons. The van der Waals surface area contributed by atoms with Gasteiger partial charge in [0.2, 0.25) is 0 Å². The second-order valence-electron chi connectivity index (χ2n) is 2.75. The minimum atomic E-state index is -0.899. The molecule has 2 rings (SSSR count). The fourth-order valence-corrected chi connectivity index (χ4v) is 0.914. The first-order chi connectivity index (χ1) is 7.30. The van der Waals surface area contributed by atoms with Gasteiger partial charge < -0.3 is 5.11 Å². The summed E-state index contributed by atoms with van der Waals surface area (Å²) in [6.45, 7) is 0. The number of carbonyl (C=O) groups is 1. The Morgan fingerprint density at radius 1 is 0.941 bits per heavy atom. The van der Waals surface area contributed by atoms with Crippen LogP contribution in [0.1, 0.15) is 10.4 Å². The number of carboxylic acid groups (broad SMARTS) is 1. The molecule has 17 heavy (non-hydrogen) atoms. The predicted octanol–water partition coefficient (Wildman–Crippen LogP) is 1.69. The van der Waals surface area contributed by atoms with Crippen molar-refractivity contribution in [3.63, 3.8) is 0 Å². The van der Waals surface area contributed by atoms with Crippen molar-refractivity contribution in [3.8, 4) is 0 Å². The smallest absolute Gasteiger partial charge is 0 e. The molecule has 0 amide bonds. The fraction of sp³-hybridized carbons (Fsp3) is 0. The summed E-state index contributed by atoms with van der Waals surface area (Å²) in [4.78, 5) is 10.2. The van der Waals surface area contributed by atoms with E-state index in [0.29, 0.717) is 5.56 Å². The maximum Gasteiger partial charge on any atom is 0 e. The zero-order valence-corrected chi connectivity index (χ0v) is 11.5. The molecule has 0 aliphatic heterocycles. The second kappa shape index (κ2) is 12.3.